The van der Waals surface area contributed by atoms with Gasteiger partial charge in [0, 0.05) is 13.1 Å². The minimum Gasteiger partial charge on any atom is -0.388 e. The summed E-state index contributed by atoms with van der Waals surface area (Å²) in [6.07, 6.45) is 9.09. The molecule has 220 valence electrons. The van der Waals surface area contributed by atoms with Crippen LogP contribution in [-0.4, -0.2) is 76.9 Å². The highest BCUT2D eigenvalue weighted by Crippen LogP contribution is 2.24. The van der Waals surface area contributed by atoms with Crippen LogP contribution in [0.25, 0.3) is 0 Å². The number of sulfonamides is 1. The molecule has 0 radical (unpaired) electrons. The van der Waals surface area contributed by atoms with Gasteiger partial charge in [-0.2, -0.15) is 4.31 Å². The van der Waals surface area contributed by atoms with E-state index in [2.05, 4.69) is 6.92 Å². The molecule has 38 heavy (non-hydrogen) atoms. The third-order valence-electron chi connectivity index (χ3n) is 7.49. The van der Waals surface area contributed by atoms with Crippen LogP contribution in [0.15, 0.2) is 29.2 Å². The van der Waals surface area contributed by atoms with Crippen molar-refractivity contribution in [3.05, 3.63) is 29.8 Å². The molecule has 2 rings (SSSR count). The molecule has 0 amide bonds. The Morgan fingerprint density at radius 2 is 1.18 bits per heavy atom. The highest BCUT2D eigenvalue weighted by Gasteiger charge is 2.44. The van der Waals surface area contributed by atoms with Crippen molar-refractivity contribution in [1.82, 2.24) is 4.31 Å². The number of benzene rings is 1. The second-order valence-electron chi connectivity index (χ2n) is 10.8. The van der Waals surface area contributed by atoms with Crippen LogP contribution in [0.5, 0.6) is 0 Å². The third kappa shape index (κ3) is 10.8. The lowest BCUT2D eigenvalue weighted by atomic mass is 9.99. The molecular formula is C29H51NO7S. The first-order valence-corrected chi connectivity index (χ1v) is 16.1. The molecule has 1 heterocycles. The lowest BCUT2D eigenvalue weighted by Gasteiger charge is -2.40. The van der Waals surface area contributed by atoms with Gasteiger partial charge in [-0.3, -0.25) is 0 Å². The molecule has 1 aromatic rings. The zero-order chi connectivity index (χ0) is 28.0. The van der Waals surface area contributed by atoms with Crippen LogP contribution in [0.4, 0.5) is 0 Å². The molecule has 9 heteroatoms. The number of ether oxygens (including phenoxy) is 1. The van der Waals surface area contributed by atoms with Crippen LogP contribution in [-0.2, 0) is 14.8 Å². The summed E-state index contributed by atoms with van der Waals surface area (Å²) >= 11 is 0. The zero-order valence-electron chi connectivity index (χ0n) is 23.4. The summed E-state index contributed by atoms with van der Waals surface area (Å²) in [5.74, 6) is 0. The molecule has 0 spiro atoms. The molecule has 1 aliphatic rings. The van der Waals surface area contributed by atoms with Gasteiger partial charge in [0.2, 0.25) is 10.0 Å². The Labute approximate surface area is 230 Å². The molecule has 0 bridgehead atoms. The number of aliphatic hydroxyl groups is 4. The van der Waals surface area contributed by atoms with Crippen LogP contribution in [0.2, 0.25) is 0 Å². The Kier molecular flexibility index (Phi) is 15.3. The smallest absolute Gasteiger partial charge is 0.243 e. The maximum Gasteiger partial charge on any atom is 0.243 e. The van der Waals surface area contributed by atoms with Crippen LogP contribution >= 0.6 is 0 Å². The van der Waals surface area contributed by atoms with Crippen molar-refractivity contribution in [2.75, 3.05) is 13.1 Å². The lowest BCUT2D eigenvalue weighted by Crippen LogP contribution is -2.60. The Bertz CT molecular complexity index is 864. The average Bonchev–Trinajstić information content (AvgIpc) is 2.90. The third-order valence-corrected chi connectivity index (χ3v) is 9.37. The second kappa shape index (κ2) is 17.6. The SMILES string of the molecule is CCCCCCCCCCCCCCCCN(C[C@H]1O[C@@H](O)[C@H](O)[C@@H](O)[C@@H]1O)S(=O)(=O)c1ccc(C)cc1. The van der Waals surface area contributed by atoms with Crippen molar-refractivity contribution in [1.29, 1.82) is 0 Å². The first kappa shape index (κ1) is 33.1. The van der Waals surface area contributed by atoms with Crippen LogP contribution in [0.1, 0.15) is 102 Å². The van der Waals surface area contributed by atoms with Gasteiger partial charge in [0.1, 0.15) is 24.4 Å². The van der Waals surface area contributed by atoms with E-state index in [1.165, 1.54) is 68.5 Å². The Morgan fingerprint density at radius 3 is 1.68 bits per heavy atom. The van der Waals surface area contributed by atoms with Gasteiger partial charge in [-0.15, -0.1) is 0 Å². The van der Waals surface area contributed by atoms with Crippen LogP contribution < -0.4 is 0 Å². The number of nitrogens with zero attached hydrogens (tertiary/aromatic N) is 1. The van der Waals surface area contributed by atoms with Crippen molar-refractivity contribution in [2.24, 2.45) is 0 Å². The first-order valence-electron chi connectivity index (χ1n) is 14.6. The van der Waals surface area contributed by atoms with Gasteiger partial charge in [0.05, 0.1) is 4.90 Å². The van der Waals surface area contributed by atoms with Crippen LogP contribution in [0, 0.1) is 6.92 Å². The van der Waals surface area contributed by atoms with E-state index in [1.54, 1.807) is 24.3 Å². The standard InChI is InChI=1S/C29H51NO7S/c1-3-4-5-6-7-8-9-10-11-12-13-14-15-16-21-30(38(35,36)24-19-17-23(2)18-20-24)22-25-26(31)27(32)28(33)29(34)37-25/h17-20,25-29,31-34H,3-16,21-22H2,1-2H3/t25-,26-,27+,28-,29-/m1/s1. The molecule has 0 unspecified atom stereocenters. The minimum absolute atomic E-state index is 0.139. The van der Waals surface area contributed by atoms with E-state index in [0.717, 1.165) is 24.8 Å². The molecule has 1 aliphatic heterocycles. The van der Waals surface area contributed by atoms with Gasteiger partial charge < -0.3 is 25.2 Å². The maximum absolute atomic E-state index is 13.4. The fourth-order valence-electron chi connectivity index (χ4n) is 4.93. The van der Waals surface area contributed by atoms with E-state index in [4.69, 9.17) is 4.74 Å². The second-order valence-corrected chi connectivity index (χ2v) is 12.7. The summed E-state index contributed by atoms with van der Waals surface area (Å²) in [6, 6.07) is 6.56. The van der Waals surface area contributed by atoms with Gasteiger partial charge in [-0.25, -0.2) is 8.42 Å². The van der Waals surface area contributed by atoms with E-state index < -0.39 is 40.7 Å². The van der Waals surface area contributed by atoms with Crippen LogP contribution in [0.3, 0.4) is 0 Å². The predicted octanol–water partition coefficient (Wildman–Crippen LogP) is 4.27. The van der Waals surface area contributed by atoms with E-state index in [0.29, 0.717) is 6.42 Å². The number of aliphatic hydroxyl groups excluding tert-OH is 4. The summed E-state index contributed by atoms with van der Waals surface area (Å²) in [4.78, 5) is 0.139. The fraction of sp³-hybridized carbons (Fsp3) is 0.793. The van der Waals surface area contributed by atoms with E-state index in [9.17, 15) is 28.8 Å². The molecule has 0 saturated carbocycles. The number of unbranched alkanes of at least 4 members (excludes halogenated alkanes) is 13. The van der Waals surface area contributed by atoms with Gasteiger partial charge in [-0.05, 0) is 25.5 Å². The van der Waals surface area contributed by atoms with Gasteiger partial charge in [-0.1, -0.05) is 108 Å². The topological polar surface area (TPSA) is 128 Å². The number of hydrogen-bond acceptors (Lipinski definition) is 7. The predicted molar refractivity (Wildman–Crippen MR) is 149 cm³/mol. The molecule has 5 atom stereocenters. The molecule has 0 aliphatic carbocycles. The fourth-order valence-corrected chi connectivity index (χ4v) is 6.42. The normalized spacial score (nSPS) is 24.2. The minimum atomic E-state index is -3.89. The molecule has 1 aromatic carbocycles. The number of hydrogen-bond donors (Lipinski definition) is 4. The largest absolute Gasteiger partial charge is 0.388 e. The summed E-state index contributed by atoms with van der Waals surface area (Å²) < 4.78 is 33.4. The molecule has 1 saturated heterocycles. The van der Waals surface area contributed by atoms with Crippen molar-refractivity contribution in [3.8, 4) is 0 Å². The first-order chi connectivity index (χ1) is 18.2. The Hall–Kier alpha value is -1.07. The summed E-state index contributed by atoms with van der Waals surface area (Å²) in [5.41, 5.74) is 0.939. The molecule has 1 fully saturated rings. The van der Waals surface area contributed by atoms with Gasteiger partial charge >= 0.3 is 0 Å². The van der Waals surface area contributed by atoms with Crippen molar-refractivity contribution >= 4 is 10.0 Å². The van der Waals surface area contributed by atoms with Crippen molar-refractivity contribution in [2.45, 2.75) is 139 Å². The van der Waals surface area contributed by atoms with E-state index >= 15 is 0 Å². The van der Waals surface area contributed by atoms with E-state index in [-0.39, 0.29) is 18.0 Å². The lowest BCUT2D eigenvalue weighted by molar-refractivity contribution is -0.282. The molecular weight excluding hydrogens is 506 g/mol. The quantitative estimate of drug-likeness (QED) is 0.187. The number of aryl methyl sites for hydroxylation is 1. The van der Waals surface area contributed by atoms with Crippen molar-refractivity contribution in [3.63, 3.8) is 0 Å². The highest BCUT2D eigenvalue weighted by molar-refractivity contribution is 7.89. The van der Waals surface area contributed by atoms with Crippen molar-refractivity contribution < 1.29 is 33.6 Å². The maximum atomic E-state index is 13.4. The Morgan fingerprint density at radius 1 is 0.711 bits per heavy atom. The van der Waals surface area contributed by atoms with Gasteiger partial charge in [0.15, 0.2) is 6.29 Å². The number of rotatable bonds is 19. The Balaban J connectivity index is 1.80. The zero-order valence-corrected chi connectivity index (χ0v) is 24.2. The molecule has 8 nitrogen and oxygen atoms in total. The monoisotopic (exact) mass is 557 g/mol. The summed E-state index contributed by atoms with van der Waals surface area (Å²) in [5, 5.41) is 40.1. The average molecular weight is 558 g/mol. The molecule has 0 aromatic heterocycles. The van der Waals surface area contributed by atoms with Gasteiger partial charge in [0.25, 0.3) is 0 Å². The van der Waals surface area contributed by atoms with E-state index in [1.807, 2.05) is 6.92 Å². The summed E-state index contributed by atoms with van der Waals surface area (Å²) in [6.45, 7) is 4.11. The molecule has 4 N–H and O–H groups in total. The summed E-state index contributed by atoms with van der Waals surface area (Å²) in [7, 11) is -3.89. The highest BCUT2D eigenvalue weighted by atomic mass is 32.2.